The van der Waals surface area contributed by atoms with Crippen LogP contribution in [0.15, 0.2) is 133 Å². The molecule has 25 heteroatoms. The average Bonchev–Trinajstić information content (AvgIpc) is 0.981. The lowest BCUT2D eigenvalue weighted by atomic mass is 9.95. The topological polar surface area (TPSA) is 275 Å². The van der Waals surface area contributed by atoms with Crippen molar-refractivity contribution in [3.8, 4) is 0 Å². The van der Waals surface area contributed by atoms with Gasteiger partial charge in [-0.05, 0) is 77.2 Å². The Morgan fingerprint density at radius 1 is 0.569 bits per heavy atom. The molecule has 4 aromatic carbocycles. The van der Waals surface area contributed by atoms with Gasteiger partial charge in [0.25, 0.3) is 0 Å². The lowest BCUT2D eigenvalue weighted by molar-refractivity contribution is -0.300. The molecule has 116 heavy (non-hydrogen) atoms. The Labute approximate surface area is 693 Å². The molecule has 4 aromatic rings. The number of esters is 2. The first-order chi connectivity index (χ1) is 56.2. The summed E-state index contributed by atoms with van der Waals surface area (Å²) < 4.78 is 108. The first kappa shape index (κ1) is 96.8. The summed E-state index contributed by atoms with van der Waals surface area (Å²) in [6, 6.07) is 32.9. The van der Waals surface area contributed by atoms with E-state index in [1.807, 2.05) is 128 Å². The Hall–Kier alpha value is -6.34. The highest BCUT2D eigenvalue weighted by atomic mass is 31.2. The fourth-order valence-corrected chi connectivity index (χ4v) is 16.9. The van der Waals surface area contributed by atoms with Crippen LogP contribution in [0.1, 0.15) is 275 Å². The number of ether oxygens (including phenoxy) is 10. The quantitative estimate of drug-likeness (QED) is 0.00495. The van der Waals surface area contributed by atoms with Crippen molar-refractivity contribution in [3.05, 3.63) is 166 Å². The van der Waals surface area contributed by atoms with Crippen LogP contribution in [-0.4, -0.2) is 126 Å². The third-order valence-corrected chi connectivity index (χ3v) is 28.0. The number of amides is 1. The third-order valence-electron chi connectivity index (χ3n) is 22.2. The van der Waals surface area contributed by atoms with Gasteiger partial charge >= 0.3 is 25.9 Å². The summed E-state index contributed by atoms with van der Waals surface area (Å²) in [6.07, 6.45) is 16.4. The molecule has 0 spiro atoms. The minimum Gasteiger partial charge on any atom is -0.462 e. The van der Waals surface area contributed by atoms with Gasteiger partial charge in [0.15, 0.2) is 27.0 Å². The van der Waals surface area contributed by atoms with Crippen LogP contribution in [0.4, 0.5) is 4.79 Å². The second-order valence-corrected chi connectivity index (χ2v) is 39.2. The summed E-state index contributed by atoms with van der Waals surface area (Å²) in [5.41, 5.74) is 14.5. The van der Waals surface area contributed by atoms with E-state index in [0.29, 0.717) is 36.8 Å². The summed E-state index contributed by atoms with van der Waals surface area (Å²) in [4.78, 5) is 62.6. The summed E-state index contributed by atoms with van der Waals surface area (Å²) in [6.45, 7) is 19.3. The van der Waals surface area contributed by atoms with E-state index in [4.69, 9.17) is 65.4 Å². The van der Waals surface area contributed by atoms with Crippen LogP contribution in [0.3, 0.4) is 0 Å². The minimum absolute atomic E-state index is 0.0434. The molecule has 0 saturated carbocycles. The van der Waals surface area contributed by atoms with Crippen LogP contribution in [-0.2, 0) is 117 Å². The van der Waals surface area contributed by atoms with Gasteiger partial charge in [-0.1, -0.05) is 335 Å². The molecule has 3 heterocycles. The van der Waals surface area contributed by atoms with Gasteiger partial charge < -0.3 is 57.1 Å². The zero-order chi connectivity index (χ0) is 83.1. The number of unbranched alkanes of at least 4 members (excludes halogenated alkanes) is 24. The van der Waals surface area contributed by atoms with Crippen LogP contribution >= 0.6 is 7.82 Å². The summed E-state index contributed by atoms with van der Waals surface area (Å²) in [5.74, 6) is -1.72. The van der Waals surface area contributed by atoms with Gasteiger partial charge in [-0.15, -0.1) is 0 Å². The van der Waals surface area contributed by atoms with Crippen molar-refractivity contribution in [2.75, 3.05) is 19.8 Å². The van der Waals surface area contributed by atoms with E-state index in [9.17, 15) is 15.1 Å². The van der Waals surface area contributed by atoms with Crippen LogP contribution < -0.4 is 5.32 Å². The normalized spacial score (nSPS) is 21.2. The van der Waals surface area contributed by atoms with Crippen molar-refractivity contribution < 1.29 is 89.1 Å². The van der Waals surface area contributed by atoms with E-state index in [0.717, 1.165) is 100 Å². The summed E-state index contributed by atoms with van der Waals surface area (Å²) in [7, 11) is -7.65. The Morgan fingerprint density at radius 3 is 1.58 bits per heavy atom. The Bertz CT molecular complexity index is 3470. The highest BCUT2D eigenvalue weighted by molar-refractivity contribution is 7.48. The van der Waals surface area contributed by atoms with Crippen LogP contribution in [0, 0.1) is 0 Å². The zero-order valence-electron chi connectivity index (χ0n) is 71.0. The molecule has 0 aliphatic carbocycles. The molecule has 2 fully saturated rings. The van der Waals surface area contributed by atoms with Crippen molar-refractivity contribution in [2.45, 2.75) is 372 Å². The number of nitrogens with one attached hydrogen (secondary N) is 1. The number of carbonyl (C=O) groups excluding carboxylic acids is 4. The number of phosphoric ester groups is 1. The molecule has 3 aliphatic rings. The fourth-order valence-electron chi connectivity index (χ4n) is 14.5. The molecule has 7 rings (SSSR count). The number of benzene rings is 4. The SMILES string of the molecule is C=CCOC(=O)O[C@@H]1[C@@H](NC(=O)C[C@@H](CCCCCCCCCCC)OC(=O)CCCCCCCCCCC)[C@H](OC[C@H]2O[C@@H](O[Si](C)(C)C(C)(C)C)[C@H](N=[N+]=[N-])[C@@H](OC(=O)C[C@@H](CCCCCCCCCCC)OCc3ccccc3)[C@@H]2OCc2ccccc2)O[C@H](COCc2ccccc2)[C@H]1OP1(=O)OCc2ccccc2CO1. The first-order valence-electron chi connectivity index (χ1n) is 43.6. The third kappa shape index (κ3) is 35.9. The van der Waals surface area contributed by atoms with E-state index in [-0.39, 0.29) is 65.5 Å². The fraction of sp³-hybridized carbons (Fsp3) is 0.670. The molecule has 0 aromatic heterocycles. The molecule has 2 saturated heterocycles. The summed E-state index contributed by atoms with van der Waals surface area (Å²) >= 11 is 0. The maximum Gasteiger partial charge on any atom is 0.509 e. The molecular weight excluding hydrogens is 1510 g/mol. The monoisotopic (exact) mass is 1650 g/mol. The Balaban J connectivity index is 1.30. The minimum atomic E-state index is -4.72. The van der Waals surface area contributed by atoms with Crippen LogP contribution in [0.5, 0.6) is 0 Å². The van der Waals surface area contributed by atoms with Crippen molar-refractivity contribution in [1.82, 2.24) is 5.32 Å². The number of rotatable bonds is 58. The number of azide groups is 1. The van der Waals surface area contributed by atoms with Crippen LogP contribution in [0.25, 0.3) is 10.4 Å². The second-order valence-electron chi connectivity index (χ2n) is 32.8. The molecule has 12 atom stereocenters. The number of fused-ring (bicyclic) bond motifs is 1. The van der Waals surface area contributed by atoms with Gasteiger partial charge in [-0.3, -0.25) is 28.0 Å². The van der Waals surface area contributed by atoms with Crippen molar-refractivity contribution >= 4 is 40.1 Å². The first-order valence-corrected chi connectivity index (χ1v) is 48.0. The highest BCUT2D eigenvalue weighted by Gasteiger charge is 2.56. The van der Waals surface area contributed by atoms with Crippen LogP contribution in [0.2, 0.25) is 18.1 Å². The highest BCUT2D eigenvalue weighted by Crippen LogP contribution is 2.55. The van der Waals surface area contributed by atoms with E-state index in [1.54, 1.807) is 0 Å². The molecule has 0 bridgehead atoms. The number of carbonyl (C=O) groups is 4. The van der Waals surface area contributed by atoms with E-state index >= 15 is 14.2 Å². The molecule has 1 amide bonds. The van der Waals surface area contributed by atoms with Gasteiger partial charge in [0.2, 0.25) is 5.91 Å². The molecule has 0 radical (unpaired) electrons. The van der Waals surface area contributed by atoms with Gasteiger partial charge in [0.1, 0.15) is 55.3 Å². The Morgan fingerprint density at radius 2 is 1.05 bits per heavy atom. The predicted molar refractivity (Wildman–Crippen MR) is 452 cm³/mol. The molecular formula is C91H139N4O19PSi. The van der Waals surface area contributed by atoms with Crippen molar-refractivity contribution in [1.29, 1.82) is 0 Å². The number of nitrogens with zero attached hydrogens (tertiary/aromatic N) is 3. The summed E-state index contributed by atoms with van der Waals surface area (Å²) in [5, 5.41) is 7.01. The van der Waals surface area contributed by atoms with Gasteiger partial charge in [0.05, 0.1) is 65.2 Å². The number of hydrogen-bond donors (Lipinski definition) is 1. The average molecular weight is 1650 g/mol. The second kappa shape index (κ2) is 54.8. The maximum absolute atomic E-state index is 15.6. The lowest BCUT2D eigenvalue weighted by Gasteiger charge is -2.49. The lowest BCUT2D eigenvalue weighted by Crippen LogP contribution is -2.67. The Kier molecular flexibility index (Phi) is 45.7. The standard InChI is InChI=1S/C91H139N4O19PSi/c1-10-14-17-20-23-26-29-32-44-57-75(103-64-71-51-40-36-41-52-71)62-81(98)111-87-83(94-95-92)89(114-116(8,9)91(5,6)7)110-78(84(87)104-65-72-53-42-37-43-54-72)69-105-88-82(93-79(96)61-76(58-45-33-30-27-24-21-18-15-11-2)108-80(97)59-46-34-31-28-25-22-19-16-12-3)86(112-90(99)102-60-13-4)85(77(109-88)68-101-63-70-49-38-35-39-50-70)113-115(100)106-66-73-55-47-48-56-74(73)67-107-115/h13,35-43,47-56,75-78,82-89H,4,10-12,14-34,44-46,57-69H2,1-3,5-9H3,(H,93,96)/t75-,76-,77-,78-,82-,83-,84-,85-,86-,87-,88-,89+/m1/s1. The van der Waals surface area contributed by atoms with E-state index in [2.05, 4.69) is 63.5 Å². The zero-order valence-corrected chi connectivity index (χ0v) is 72.9. The molecule has 646 valence electrons. The van der Waals surface area contributed by atoms with E-state index < -0.39 is 125 Å². The van der Waals surface area contributed by atoms with Gasteiger partial charge in [-0.2, -0.15) is 0 Å². The molecule has 3 aliphatic heterocycles. The molecule has 0 unspecified atom stereocenters. The van der Waals surface area contributed by atoms with Gasteiger partial charge in [-0.25, -0.2) is 9.36 Å². The van der Waals surface area contributed by atoms with E-state index in [1.165, 1.54) is 83.1 Å². The van der Waals surface area contributed by atoms with Crippen molar-refractivity contribution in [2.24, 2.45) is 5.11 Å². The predicted octanol–water partition coefficient (Wildman–Crippen LogP) is 22.3. The molecule has 23 nitrogen and oxygen atoms in total. The number of hydrogen-bond acceptors (Lipinski definition) is 20. The molecule has 1 N–H and O–H groups in total. The number of phosphoric acid groups is 1. The van der Waals surface area contributed by atoms with Gasteiger partial charge in [0, 0.05) is 11.3 Å². The largest absolute Gasteiger partial charge is 0.509 e. The van der Waals surface area contributed by atoms with Crippen molar-refractivity contribution in [3.63, 3.8) is 0 Å². The smallest absolute Gasteiger partial charge is 0.462 e. The maximum atomic E-state index is 15.6.